The second-order valence-electron chi connectivity index (χ2n) is 6.01. The minimum absolute atomic E-state index is 0.0285. The van der Waals surface area contributed by atoms with Crippen LogP contribution in [-0.2, 0) is 18.4 Å². The summed E-state index contributed by atoms with van der Waals surface area (Å²) in [6.45, 7) is 13.0. The van der Waals surface area contributed by atoms with Crippen LogP contribution in [-0.4, -0.2) is 24.2 Å². The van der Waals surface area contributed by atoms with Crippen molar-refractivity contribution in [1.29, 1.82) is 0 Å². The highest BCUT2D eigenvalue weighted by molar-refractivity contribution is 7.53. The molecule has 1 atom stereocenters. The van der Waals surface area contributed by atoms with Gasteiger partial charge in [0.25, 0.3) is 0 Å². The van der Waals surface area contributed by atoms with Crippen LogP contribution in [0.15, 0.2) is 0 Å². The summed E-state index contributed by atoms with van der Waals surface area (Å²) in [6.07, 6.45) is 0.412. The lowest BCUT2D eigenvalue weighted by Gasteiger charge is -2.28. The van der Waals surface area contributed by atoms with Gasteiger partial charge in [0.15, 0.2) is 0 Å². The molecule has 0 spiro atoms. The van der Waals surface area contributed by atoms with E-state index in [1.165, 1.54) is 0 Å². The van der Waals surface area contributed by atoms with E-state index in [2.05, 4.69) is 0 Å². The second kappa shape index (κ2) is 8.18. The molecule has 0 aliphatic rings. The highest BCUT2D eigenvalue weighted by Gasteiger charge is 2.33. The number of carbonyl (C=O) groups excluding carboxylic acids is 1. The van der Waals surface area contributed by atoms with Gasteiger partial charge in [-0.2, -0.15) is 0 Å². The van der Waals surface area contributed by atoms with Crippen LogP contribution in [0.2, 0.25) is 0 Å². The Labute approximate surface area is 117 Å². The molecular weight excluding hydrogens is 263 g/mol. The zero-order chi connectivity index (χ0) is 15.2. The maximum Gasteiger partial charge on any atom is 0.331 e. The van der Waals surface area contributed by atoms with Crippen molar-refractivity contribution in [1.82, 2.24) is 0 Å². The molecule has 0 N–H and O–H groups in total. The topological polar surface area (TPSA) is 52.6 Å². The zero-order valence-corrected chi connectivity index (χ0v) is 14.2. The normalized spacial score (nSPS) is 14.4. The first-order valence-corrected chi connectivity index (χ1v) is 8.73. The molecule has 0 radical (unpaired) electrons. The van der Waals surface area contributed by atoms with Gasteiger partial charge in [-0.15, -0.1) is 0 Å². The fourth-order valence-electron chi connectivity index (χ4n) is 1.92. The van der Waals surface area contributed by atoms with Crippen molar-refractivity contribution in [3.05, 3.63) is 0 Å². The van der Waals surface area contributed by atoms with Crippen molar-refractivity contribution in [2.45, 2.75) is 67.1 Å². The van der Waals surface area contributed by atoms with Gasteiger partial charge in [-0.3, -0.25) is 4.57 Å². The van der Waals surface area contributed by atoms with Gasteiger partial charge < -0.3 is 13.8 Å². The summed E-state index contributed by atoms with van der Waals surface area (Å²) in [5, 5.41) is 0. The molecule has 0 fully saturated rings. The average molecular weight is 292 g/mol. The van der Waals surface area contributed by atoms with Gasteiger partial charge in [-0.05, 0) is 46.5 Å². The Morgan fingerprint density at radius 2 is 1.42 bits per heavy atom. The lowest BCUT2D eigenvalue weighted by molar-refractivity contribution is -0.118. The molecule has 0 aromatic heterocycles. The van der Waals surface area contributed by atoms with E-state index < -0.39 is 7.60 Å². The van der Waals surface area contributed by atoms with Crippen molar-refractivity contribution in [3.63, 3.8) is 0 Å². The van der Waals surface area contributed by atoms with Crippen LogP contribution in [0.3, 0.4) is 0 Å². The van der Waals surface area contributed by atoms with Crippen LogP contribution in [0, 0.1) is 11.8 Å². The van der Waals surface area contributed by atoms with E-state index in [9.17, 15) is 9.36 Å². The van der Waals surface area contributed by atoms with Gasteiger partial charge in [-0.1, -0.05) is 13.8 Å². The molecule has 0 saturated heterocycles. The smallest absolute Gasteiger partial charge is 0.306 e. The Morgan fingerprint density at radius 3 is 1.68 bits per heavy atom. The third-order valence-corrected chi connectivity index (χ3v) is 5.10. The van der Waals surface area contributed by atoms with Crippen LogP contribution in [0.5, 0.6) is 0 Å². The van der Waals surface area contributed by atoms with Gasteiger partial charge >= 0.3 is 7.60 Å². The standard InChI is InChI=1S/C14H29O4P/c1-10(2)14(8-13(7)15)9-19(16,17-11(3)4)18-12(5)6/h10-12,14H,8-9H2,1-7H3/t14-/m1/s1. The van der Waals surface area contributed by atoms with E-state index in [-0.39, 0.29) is 29.8 Å². The van der Waals surface area contributed by atoms with Crippen molar-refractivity contribution in [3.8, 4) is 0 Å². The maximum atomic E-state index is 12.8. The molecule has 0 aromatic rings. The molecular formula is C14H29O4P. The van der Waals surface area contributed by atoms with Crippen molar-refractivity contribution in [2.75, 3.05) is 6.16 Å². The number of ketones is 1. The van der Waals surface area contributed by atoms with Gasteiger partial charge in [0, 0.05) is 6.42 Å². The second-order valence-corrected chi connectivity index (χ2v) is 8.02. The van der Waals surface area contributed by atoms with Gasteiger partial charge in [0.1, 0.15) is 5.78 Å². The lowest BCUT2D eigenvalue weighted by Crippen LogP contribution is -2.21. The number of hydrogen-bond donors (Lipinski definition) is 0. The zero-order valence-electron chi connectivity index (χ0n) is 13.3. The Hall–Kier alpha value is -0.180. The van der Waals surface area contributed by atoms with E-state index in [1.807, 2.05) is 41.5 Å². The number of rotatable bonds is 9. The lowest BCUT2D eigenvalue weighted by atomic mass is 9.93. The first-order chi connectivity index (χ1) is 8.55. The molecule has 0 aromatic carbocycles. The third kappa shape index (κ3) is 8.56. The average Bonchev–Trinajstić information content (AvgIpc) is 2.11. The first kappa shape index (κ1) is 18.8. The fraction of sp³-hybridized carbons (Fsp3) is 0.929. The Kier molecular flexibility index (Phi) is 8.11. The summed E-state index contributed by atoms with van der Waals surface area (Å²) < 4.78 is 23.8. The number of hydrogen-bond acceptors (Lipinski definition) is 4. The van der Waals surface area contributed by atoms with Crippen LogP contribution in [0.25, 0.3) is 0 Å². The molecule has 0 unspecified atom stereocenters. The molecule has 4 nitrogen and oxygen atoms in total. The molecule has 0 amide bonds. The number of carbonyl (C=O) groups is 1. The predicted octanol–water partition coefficient (Wildman–Crippen LogP) is 4.28. The Bertz CT molecular complexity index is 309. The largest absolute Gasteiger partial charge is 0.331 e. The van der Waals surface area contributed by atoms with E-state index in [0.29, 0.717) is 12.6 Å². The molecule has 0 bridgehead atoms. The summed E-state index contributed by atoms with van der Waals surface area (Å²) in [6, 6.07) is 0. The third-order valence-electron chi connectivity index (χ3n) is 2.69. The predicted molar refractivity (Wildman–Crippen MR) is 78.5 cm³/mol. The summed E-state index contributed by atoms with van der Waals surface area (Å²) in [7, 11) is -3.15. The monoisotopic (exact) mass is 292 g/mol. The van der Waals surface area contributed by atoms with Crippen LogP contribution >= 0.6 is 7.60 Å². The number of Topliss-reactive ketones (excluding diaryl/α,β-unsaturated/α-hetero) is 1. The van der Waals surface area contributed by atoms with Crippen LogP contribution < -0.4 is 0 Å². The highest BCUT2D eigenvalue weighted by atomic mass is 31.2. The van der Waals surface area contributed by atoms with E-state index in [0.717, 1.165) is 0 Å². The van der Waals surface area contributed by atoms with Crippen molar-refractivity contribution < 1.29 is 18.4 Å². The highest BCUT2D eigenvalue weighted by Crippen LogP contribution is 2.53. The Morgan fingerprint density at radius 1 is 1.00 bits per heavy atom. The molecule has 114 valence electrons. The quantitative estimate of drug-likeness (QED) is 0.595. The maximum absolute atomic E-state index is 12.8. The molecule has 19 heavy (non-hydrogen) atoms. The molecule has 0 aliphatic carbocycles. The van der Waals surface area contributed by atoms with Gasteiger partial charge in [0.05, 0.1) is 18.4 Å². The Balaban J connectivity index is 4.94. The summed E-state index contributed by atoms with van der Waals surface area (Å²) >= 11 is 0. The fourth-order valence-corrected chi connectivity index (χ4v) is 4.55. The minimum Gasteiger partial charge on any atom is -0.306 e. The summed E-state index contributed by atoms with van der Waals surface area (Å²) in [4.78, 5) is 11.3. The van der Waals surface area contributed by atoms with Gasteiger partial charge in [0.2, 0.25) is 0 Å². The summed E-state index contributed by atoms with van der Waals surface area (Å²) in [5.74, 6) is 0.406. The molecule has 0 rings (SSSR count). The first-order valence-electron chi connectivity index (χ1n) is 7.01. The summed E-state index contributed by atoms with van der Waals surface area (Å²) in [5.41, 5.74) is 0. The van der Waals surface area contributed by atoms with E-state index >= 15 is 0 Å². The van der Waals surface area contributed by atoms with Crippen molar-refractivity contribution in [2.24, 2.45) is 11.8 Å². The molecule has 0 aliphatic heterocycles. The van der Waals surface area contributed by atoms with Crippen LogP contribution in [0.1, 0.15) is 54.9 Å². The minimum atomic E-state index is -3.15. The molecule has 0 saturated carbocycles. The van der Waals surface area contributed by atoms with Gasteiger partial charge in [-0.25, -0.2) is 0 Å². The SMILES string of the molecule is CC(=O)C[C@H](CP(=O)(OC(C)C)OC(C)C)C(C)C. The molecule has 0 heterocycles. The van der Waals surface area contributed by atoms with Crippen molar-refractivity contribution >= 4 is 13.4 Å². The van der Waals surface area contributed by atoms with E-state index in [1.54, 1.807) is 6.92 Å². The molecule has 5 heteroatoms. The van der Waals surface area contributed by atoms with E-state index in [4.69, 9.17) is 9.05 Å². The van der Waals surface area contributed by atoms with Crippen LogP contribution in [0.4, 0.5) is 0 Å².